The highest BCUT2D eigenvalue weighted by Gasteiger charge is 2.29. The van der Waals surface area contributed by atoms with Crippen molar-refractivity contribution in [2.45, 2.75) is 25.0 Å². The smallest absolute Gasteiger partial charge is 0.354 e. The van der Waals surface area contributed by atoms with Crippen molar-refractivity contribution in [2.24, 2.45) is 0 Å². The molecule has 1 aromatic carbocycles. The number of carbonyl (C=O) groups is 1. The molecule has 0 amide bonds. The van der Waals surface area contributed by atoms with Crippen molar-refractivity contribution in [1.29, 1.82) is 0 Å². The Balaban J connectivity index is 1.93. The number of benzene rings is 1. The lowest BCUT2D eigenvalue weighted by Crippen LogP contribution is -2.40. The molecule has 1 fully saturated rings. The van der Waals surface area contributed by atoms with Crippen LogP contribution in [0.1, 0.15) is 23.3 Å². The van der Waals surface area contributed by atoms with Gasteiger partial charge in [-0.05, 0) is 24.3 Å². The Morgan fingerprint density at radius 2 is 2.15 bits per heavy atom. The molecule has 0 unspecified atom stereocenters. The fourth-order valence-electron chi connectivity index (χ4n) is 2.49. The number of rotatable bonds is 4. The van der Waals surface area contributed by atoms with Crippen molar-refractivity contribution in [3.05, 3.63) is 36.0 Å². The number of carboxylic acids is 1. The van der Waals surface area contributed by atoms with Gasteiger partial charge in [0, 0.05) is 18.5 Å². The molecule has 0 saturated heterocycles. The molecule has 5 heteroatoms. The van der Waals surface area contributed by atoms with Crippen LogP contribution in [-0.4, -0.2) is 35.3 Å². The predicted molar refractivity (Wildman–Crippen MR) is 76.1 cm³/mol. The number of ether oxygens (including phenoxy) is 1. The Kier molecular flexibility index (Phi) is 3.28. The van der Waals surface area contributed by atoms with Crippen LogP contribution in [0.15, 0.2) is 30.3 Å². The Morgan fingerprint density at radius 3 is 2.85 bits per heavy atom. The molecule has 20 heavy (non-hydrogen) atoms. The Labute approximate surface area is 116 Å². The highest BCUT2D eigenvalue weighted by Crippen LogP contribution is 2.29. The monoisotopic (exact) mass is 272 g/mol. The third-order valence-electron chi connectivity index (χ3n) is 3.73. The van der Waals surface area contributed by atoms with Crippen LogP contribution < -0.4 is 5.32 Å². The molecular formula is C15H16N2O3. The second kappa shape index (κ2) is 5.09. The third kappa shape index (κ3) is 2.32. The molecule has 3 rings (SSSR count). The predicted octanol–water partition coefficient (Wildman–Crippen LogP) is 2.52. The van der Waals surface area contributed by atoms with Gasteiger partial charge in [-0.3, -0.25) is 0 Å². The summed E-state index contributed by atoms with van der Waals surface area (Å²) in [4.78, 5) is 15.4. The van der Waals surface area contributed by atoms with E-state index in [-0.39, 0.29) is 5.69 Å². The molecular weight excluding hydrogens is 256 g/mol. The summed E-state index contributed by atoms with van der Waals surface area (Å²) in [5.74, 6) is -0.373. The standard InChI is InChI=1S/C15H16N2O3/c1-20-11-7-10(8-11)16-14-12-5-3-2-4-9(12)6-13(17-14)15(18)19/h2-6,10-11H,7-8H2,1H3,(H,16,17)(H,18,19). The van der Waals surface area contributed by atoms with Crippen molar-refractivity contribution in [2.75, 3.05) is 12.4 Å². The van der Waals surface area contributed by atoms with Crippen LogP contribution in [0.2, 0.25) is 0 Å². The highest BCUT2D eigenvalue weighted by atomic mass is 16.5. The molecule has 1 heterocycles. The normalized spacial score (nSPS) is 21.4. The summed E-state index contributed by atoms with van der Waals surface area (Å²) in [7, 11) is 1.71. The maximum Gasteiger partial charge on any atom is 0.354 e. The first kappa shape index (κ1) is 12.9. The van der Waals surface area contributed by atoms with Gasteiger partial charge in [0.05, 0.1) is 6.10 Å². The number of hydrogen-bond acceptors (Lipinski definition) is 4. The summed E-state index contributed by atoms with van der Waals surface area (Å²) < 4.78 is 5.25. The summed E-state index contributed by atoms with van der Waals surface area (Å²) in [6.07, 6.45) is 2.13. The maximum absolute atomic E-state index is 11.2. The Bertz CT molecular complexity index is 651. The number of pyridine rings is 1. The molecule has 1 aromatic heterocycles. The lowest BCUT2D eigenvalue weighted by molar-refractivity contribution is 0.0328. The Hall–Kier alpha value is -2.14. The summed E-state index contributed by atoms with van der Waals surface area (Å²) in [5, 5.41) is 14.3. The molecule has 1 aliphatic carbocycles. The van der Waals surface area contributed by atoms with E-state index in [1.165, 1.54) is 0 Å². The van der Waals surface area contributed by atoms with Gasteiger partial charge in [-0.25, -0.2) is 9.78 Å². The molecule has 2 N–H and O–H groups in total. The minimum atomic E-state index is -1.01. The van der Waals surface area contributed by atoms with Gasteiger partial charge < -0.3 is 15.2 Å². The molecule has 0 spiro atoms. The van der Waals surface area contributed by atoms with Crippen LogP contribution in [0.4, 0.5) is 5.82 Å². The first-order chi connectivity index (χ1) is 9.67. The minimum Gasteiger partial charge on any atom is -0.477 e. The van der Waals surface area contributed by atoms with Gasteiger partial charge in [-0.2, -0.15) is 0 Å². The number of fused-ring (bicyclic) bond motifs is 1. The highest BCUT2D eigenvalue weighted by molar-refractivity contribution is 5.97. The number of aromatic carboxylic acids is 1. The lowest BCUT2D eigenvalue weighted by Gasteiger charge is -2.35. The molecule has 2 aromatic rings. The molecule has 1 aliphatic rings. The number of nitrogens with one attached hydrogen (secondary N) is 1. The largest absolute Gasteiger partial charge is 0.477 e. The van der Waals surface area contributed by atoms with E-state index in [9.17, 15) is 4.79 Å². The summed E-state index contributed by atoms with van der Waals surface area (Å²) in [6, 6.07) is 9.55. The van der Waals surface area contributed by atoms with Gasteiger partial charge in [0.2, 0.25) is 0 Å². The van der Waals surface area contributed by atoms with E-state index in [1.54, 1.807) is 13.2 Å². The fourth-order valence-corrected chi connectivity index (χ4v) is 2.49. The van der Waals surface area contributed by atoms with E-state index < -0.39 is 5.97 Å². The molecule has 5 nitrogen and oxygen atoms in total. The topological polar surface area (TPSA) is 71.5 Å². The van der Waals surface area contributed by atoms with Crippen molar-refractivity contribution >= 4 is 22.6 Å². The quantitative estimate of drug-likeness (QED) is 0.894. The Morgan fingerprint density at radius 1 is 1.40 bits per heavy atom. The molecule has 0 atom stereocenters. The van der Waals surface area contributed by atoms with Crippen LogP contribution in [-0.2, 0) is 4.74 Å². The van der Waals surface area contributed by atoms with E-state index in [0.29, 0.717) is 18.0 Å². The number of hydrogen-bond donors (Lipinski definition) is 2. The first-order valence-electron chi connectivity index (χ1n) is 6.60. The second-order valence-corrected chi connectivity index (χ2v) is 5.05. The SMILES string of the molecule is COC1CC(Nc2nc(C(=O)O)cc3ccccc23)C1. The number of carboxylic acid groups (broad SMARTS) is 1. The van der Waals surface area contributed by atoms with Crippen molar-refractivity contribution < 1.29 is 14.6 Å². The van der Waals surface area contributed by atoms with E-state index >= 15 is 0 Å². The van der Waals surface area contributed by atoms with Gasteiger partial charge in [-0.1, -0.05) is 24.3 Å². The summed E-state index contributed by atoms with van der Waals surface area (Å²) in [5.41, 5.74) is 0.0637. The van der Waals surface area contributed by atoms with Gasteiger partial charge in [0.1, 0.15) is 5.82 Å². The van der Waals surface area contributed by atoms with Crippen molar-refractivity contribution in [3.8, 4) is 0 Å². The van der Waals surface area contributed by atoms with E-state index in [0.717, 1.165) is 23.6 Å². The van der Waals surface area contributed by atoms with E-state index in [2.05, 4.69) is 10.3 Å². The molecule has 0 radical (unpaired) electrons. The van der Waals surface area contributed by atoms with Gasteiger partial charge in [0.15, 0.2) is 5.69 Å². The second-order valence-electron chi connectivity index (χ2n) is 5.05. The average molecular weight is 272 g/mol. The number of methoxy groups -OCH3 is 1. The average Bonchev–Trinajstić information content (AvgIpc) is 2.41. The molecule has 1 saturated carbocycles. The summed E-state index contributed by atoms with van der Waals surface area (Å²) >= 11 is 0. The van der Waals surface area contributed by atoms with E-state index in [1.807, 2.05) is 24.3 Å². The third-order valence-corrected chi connectivity index (χ3v) is 3.73. The summed E-state index contributed by atoms with van der Waals surface area (Å²) in [6.45, 7) is 0. The zero-order chi connectivity index (χ0) is 14.1. The van der Waals surface area contributed by atoms with Crippen LogP contribution in [0.25, 0.3) is 10.8 Å². The van der Waals surface area contributed by atoms with Crippen molar-refractivity contribution in [1.82, 2.24) is 4.98 Å². The maximum atomic E-state index is 11.2. The minimum absolute atomic E-state index is 0.0637. The van der Waals surface area contributed by atoms with Crippen LogP contribution in [0, 0.1) is 0 Å². The first-order valence-corrected chi connectivity index (χ1v) is 6.60. The zero-order valence-electron chi connectivity index (χ0n) is 11.2. The van der Waals surface area contributed by atoms with Crippen LogP contribution in [0.3, 0.4) is 0 Å². The molecule has 104 valence electrons. The van der Waals surface area contributed by atoms with Gasteiger partial charge >= 0.3 is 5.97 Å². The van der Waals surface area contributed by atoms with Gasteiger partial charge in [0.25, 0.3) is 0 Å². The zero-order valence-corrected chi connectivity index (χ0v) is 11.2. The number of anilines is 1. The number of aromatic nitrogens is 1. The van der Waals surface area contributed by atoms with Crippen LogP contribution in [0.5, 0.6) is 0 Å². The van der Waals surface area contributed by atoms with Crippen molar-refractivity contribution in [3.63, 3.8) is 0 Å². The fraction of sp³-hybridized carbons (Fsp3) is 0.333. The number of nitrogens with zero attached hydrogens (tertiary/aromatic N) is 1. The lowest BCUT2D eigenvalue weighted by atomic mass is 9.89. The molecule has 0 aliphatic heterocycles. The van der Waals surface area contributed by atoms with Crippen LogP contribution >= 0.6 is 0 Å². The van der Waals surface area contributed by atoms with E-state index in [4.69, 9.17) is 9.84 Å². The van der Waals surface area contributed by atoms with Gasteiger partial charge in [-0.15, -0.1) is 0 Å². The molecule has 0 bridgehead atoms.